The van der Waals surface area contributed by atoms with E-state index in [0.717, 1.165) is 18.2 Å². The minimum absolute atomic E-state index is 0.109. The molecule has 10 nitrogen and oxygen atoms in total. The number of aromatic hydroxyl groups is 1. The lowest BCUT2D eigenvalue weighted by Gasteiger charge is -2.08. The topological polar surface area (TPSA) is 147 Å². The fourth-order valence-corrected chi connectivity index (χ4v) is 2.73. The van der Waals surface area contributed by atoms with E-state index in [1.54, 1.807) is 0 Å². The number of nitro groups is 1. The third-order valence-corrected chi connectivity index (χ3v) is 3.88. The summed E-state index contributed by atoms with van der Waals surface area (Å²) in [7, 11) is 1.20. The van der Waals surface area contributed by atoms with Gasteiger partial charge in [-0.25, -0.2) is 0 Å². The fraction of sp³-hybridized carbons (Fsp3) is 0.154. The molecule has 1 aromatic rings. The molecule has 2 rings (SSSR count). The molecule has 0 bridgehead atoms. The van der Waals surface area contributed by atoms with Crippen LogP contribution in [0.5, 0.6) is 11.5 Å². The molecule has 0 aliphatic carbocycles. The molecule has 1 aliphatic rings. The molecule has 1 saturated heterocycles. The van der Waals surface area contributed by atoms with Crippen molar-refractivity contribution in [3.05, 3.63) is 32.7 Å². The number of carbonyl (C=O) groups is 3. The van der Waals surface area contributed by atoms with Gasteiger partial charge in [-0.05, 0) is 17.8 Å². The Morgan fingerprint density at radius 1 is 1.46 bits per heavy atom. The maximum Gasteiger partial charge on any atom is 0.323 e. The van der Waals surface area contributed by atoms with Gasteiger partial charge in [0.15, 0.2) is 11.5 Å². The van der Waals surface area contributed by atoms with Gasteiger partial charge in [0.25, 0.3) is 16.8 Å². The van der Waals surface area contributed by atoms with Crippen molar-refractivity contribution in [2.75, 3.05) is 13.7 Å². The summed E-state index contributed by atoms with van der Waals surface area (Å²) < 4.78 is 4.83. The number of ether oxygens (including phenoxy) is 1. The van der Waals surface area contributed by atoms with Gasteiger partial charge in [0.2, 0.25) is 0 Å². The number of carbonyl (C=O) groups excluding carboxylic acids is 2. The minimum atomic E-state index is -1.36. The van der Waals surface area contributed by atoms with Crippen molar-refractivity contribution in [1.82, 2.24) is 4.90 Å². The third kappa shape index (κ3) is 3.30. The predicted molar refractivity (Wildman–Crippen MR) is 81.6 cm³/mol. The van der Waals surface area contributed by atoms with Gasteiger partial charge < -0.3 is 14.9 Å². The number of amides is 2. The standard InChI is InChI=1S/C13H10N2O8S/c1-23-8-4-7(15(21)22)2-6(11(8)18)3-9-12(19)14(5-10(16)17)13(20)24-9/h2-4,18H,5H2,1H3,(H,16,17)/b9-3+. The van der Waals surface area contributed by atoms with Crippen LogP contribution in [-0.2, 0) is 9.59 Å². The number of hydrogen-bond acceptors (Lipinski definition) is 8. The largest absolute Gasteiger partial charge is 0.504 e. The summed E-state index contributed by atoms with van der Waals surface area (Å²) in [5, 5.41) is 28.8. The predicted octanol–water partition coefficient (Wildman–Crippen LogP) is 1.43. The van der Waals surface area contributed by atoms with Crippen LogP contribution in [0.15, 0.2) is 17.0 Å². The van der Waals surface area contributed by atoms with Crippen LogP contribution in [0.4, 0.5) is 10.5 Å². The molecule has 0 saturated carbocycles. The molecule has 0 aromatic heterocycles. The molecule has 0 atom stereocenters. The second-order valence-corrected chi connectivity index (χ2v) is 5.50. The highest BCUT2D eigenvalue weighted by molar-refractivity contribution is 8.18. The summed E-state index contributed by atoms with van der Waals surface area (Å²) >= 11 is 0.468. The third-order valence-electron chi connectivity index (χ3n) is 2.97. The molecule has 126 valence electrons. The molecular formula is C13H10N2O8S. The highest BCUT2D eigenvalue weighted by Crippen LogP contribution is 2.39. The molecule has 1 aromatic carbocycles. The highest BCUT2D eigenvalue weighted by atomic mass is 32.2. The van der Waals surface area contributed by atoms with Crippen molar-refractivity contribution in [3.8, 4) is 11.5 Å². The van der Waals surface area contributed by atoms with Crippen LogP contribution in [0, 0.1) is 10.1 Å². The number of methoxy groups -OCH3 is 1. The first-order valence-corrected chi connectivity index (χ1v) is 7.08. The van der Waals surface area contributed by atoms with E-state index < -0.39 is 34.3 Å². The number of nitrogens with zero attached hydrogens (tertiary/aromatic N) is 2. The summed E-state index contributed by atoms with van der Waals surface area (Å²) in [4.78, 5) is 44.9. The Kier molecular flexibility index (Phi) is 4.74. The Bertz CT molecular complexity index is 788. The molecule has 0 spiro atoms. The van der Waals surface area contributed by atoms with Crippen molar-refractivity contribution in [2.24, 2.45) is 0 Å². The quantitative estimate of drug-likeness (QED) is 0.455. The van der Waals surface area contributed by atoms with Gasteiger partial charge in [0.05, 0.1) is 23.0 Å². The van der Waals surface area contributed by atoms with Crippen molar-refractivity contribution >= 4 is 40.6 Å². The van der Waals surface area contributed by atoms with Crippen LogP contribution in [-0.4, -0.2) is 50.8 Å². The number of carboxylic acids is 1. The van der Waals surface area contributed by atoms with Crippen LogP contribution in [0.2, 0.25) is 0 Å². The molecule has 1 heterocycles. The van der Waals surface area contributed by atoms with Gasteiger partial charge in [-0.15, -0.1) is 0 Å². The molecule has 1 aliphatic heterocycles. The average molecular weight is 354 g/mol. The first-order valence-electron chi connectivity index (χ1n) is 6.27. The number of phenols is 1. The first kappa shape index (κ1) is 17.3. The molecule has 2 amide bonds. The van der Waals surface area contributed by atoms with Crippen molar-refractivity contribution < 1.29 is 34.3 Å². The Labute approximate surface area is 138 Å². The van der Waals surface area contributed by atoms with Crippen LogP contribution >= 0.6 is 11.8 Å². The molecule has 2 N–H and O–H groups in total. The van der Waals surface area contributed by atoms with Crippen LogP contribution in [0.3, 0.4) is 0 Å². The number of non-ortho nitro benzene ring substituents is 1. The molecule has 24 heavy (non-hydrogen) atoms. The van der Waals surface area contributed by atoms with E-state index in [1.165, 1.54) is 7.11 Å². The van der Waals surface area contributed by atoms with E-state index in [1.807, 2.05) is 0 Å². The highest BCUT2D eigenvalue weighted by Gasteiger charge is 2.36. The zero-order valence-electron chi connectivity index (χ0n) is 12.1. The lowest BCUT2D eigenvalue weighted by molar-refractivity contribution is -0.385. The number of hydrogen-bond donors (Lipinski definition) is 2. The van der Waals surface area contributed by atoms with Crippen molar-refractivity contribution in [2.45, 2.75) is 0 Å². The number of aliphatic carboxylic acids is 1. The van der Waals surface area contributed by atoms with Crippen LogP contribution in [0.25, 0.3) is 6.08 Å². The van der Waals surface area contributed by atoms with Gasteiger partial charge in [-0.1, -0.05) is 0 Å². The maximum atomic E-state index is 12.0. The summed E-state index contributed by atoms with van der Waals surface area (Å²) in [5.74, 6) is -2.86. The second-order valence-electron chi connectivity index (χ2n) is 4.50. The number of benzene rings is 1. The van der Waals surface area contributed by atoms with E-state index in [-0.39, 0.29) is 21.9 Å². The smallest absolute Gasteiger partial charge is 0.323 e. The fourth-order valence-electron chi connectivity index (χ4n) is 1.90. The Hall–Kier alpha value is -3.08. The van der Waals surface area contributed by atoms with E-state index in [0.29, 0.717) is 16.7 Å². The average Bonchev–Trinajstić information content (AvgIpc) is 2.76. The Balaban J connectivity index is 2.46. The molecule has 11 heteroatoms. The van der Waals surface area contributed by atoms with Crippen molar-refractivity contribution in [1.29, 1.82) is 0 Å². The Morgan fingerprint density at radius 3 is 2.67 bits per heavy atom. The van der Waals surface area contributed by atoms with Gasteiger partial charge in [0, 0.05) is 11.6 Å². The van der Waals surface area contributed by atoms with Gasteiger partial charge in [-0.2, -0.15) is 0 Å². The maximum absolute atomic E-state index is 12.0. The second kappa shape index (κ2) is 6.58. The van der Waals surface area contributed by atoms with Gasteiger partial charge >= 0.3 is 5.97 Å². The van der Waals surface area contributed by atoms with E-state index >= 15 is 0 Å². The van der Waals surface area contributed by atoms with E-state index in [9.17, 15) is 29.6 Å². The lowest BCUT2D eigenvalue weighted by atomic mass is 10.1. The molecule has 1 fully saturated rings. The zero-order chi connectivity index (χ0) is 18.0. The normalized spacial score (nSPS) is 15.9. The number of thioether (sulfide) groups is 1. The first-order chi connectivity index (χ1) is 11.2. The van der Waals surface area contributed by atoms with E-state index in [2.05, 4.69) is 0 Å². The lowest BCUT2D eigenvalue weighted by Crippen LogP contribution is -2.33. The van der Waals surface area contributed by atoms with Crippen molar-refractivity contribution in [3.63, 3.8) is 0 Å². The summed E-state index contributed by atoms with van der Waals surface area (Å²) in [5.41, 5.74) is -0.498. The molecular weight excluding hydrogens is 344 g/mol. The zero-order valence-corrected chi connectivity index (χ0v) is 12.9. The summed E-state index contributed by atoms with van der Waals surface area (Å²) in [6.07, 6.45) is 1.07. The number of rotatable bonds is 5. The number of phenolic OH excluding ortho intramolecular Hbond substituents is 1. The van der Waals surface area contributed by atoms with E-state index in [4.69, 9.17) is 9.84 Å². The number of imide groups is 1. The minimum Gasteiger partial charge on any atom is -0.504 e. The molecule has 0 unspecified atom stereocenters. The number of carboxylic acid groups (broad SMARTS) is 1. The van der Waals surface area contributed by atoms with Gasteiger partial charge in [-0.3, -0.25) is 29.4 Å². The SMILES string of the molecule is COc1cc([N+](=O)[O-])cc(/C=C2/SC(=O)N(CC(=O)O)C2=O)c1O. The van der Waals surface area contributed by atoms with Gasteiger partial charge in [0.1, 0.15) is 6.54 Å². The molecule has 0 radical (unpaired) electrons. The Morgan fingerprint density at radius 2 is 2.12 bits per heavy atom. The summed E-state index contributed by atoms with van der Waals surface area (Å²) in [6, 6.07) is 2.01. The van der Waals surface area contributed by atoms with Crippen LogP contribution < -0.4 is 4.74 Å². The van der Waals surface area contributed by atoms with Crippen LogP contribution in [0.1, 0.15) is 5.56 Å². The monoisotopic (exact) mass is 354 g/mol. The number of nitro benzene ring substituents is 1. The summed E-state index contributed by atoms with van der Waals surface area (Å²) in [6.45, 7) is -0.799.